The van der Waals surface area contributed by atoms with E-state index in [1.807, 2.05) is 24.3 Å². The molecule has 0 aliphatic rings. The summed E-state index contributed by atoms with van der Waals surface area (Å²) in [4.78, 5) is 11.3. The monoisotopic (exact) mass is 279 g/mol. The van der Waals surface area contributed by atoms with Crippen LogP contribution in [0.3, 0.4) is 0 Å². The maximum atomic E-state index is 11.3. The molecule has 0 N–H and O–H groups in total. The van der Waals surface area contributed by atoms with Gasteiger partial charge in [-0.25, -0.2) is 0 Å². The number of methoxy groups -OCH3 is 1. The molecule has 100 valence electrons. The number of rotatable bonds is 5. The van der Waals surface area contributed by atoms with Gasteiger partial charge in [-0.3, -0.25) is 4.79 Å². The van der Waals surface area contributed by atoms with Gasteiger partial charge < -0.3 is 9.26 Å². The van der Waals surface area contributed by atoms with Crippen molar-refractivity contribution in [2.45, 2.75) is 19.8 Å². The van der Waals surface area contributed by atoms with Crippen LogP contribution in [-0.4, -0.2) is 17.5 Å². The number of aryl methyl sites for hydroxylation is 3. The van der Waals surface area contributed by atoms with E-state index in [9.17, 15) is 4.79 Å². The fraction of sp³-hybridized carbons (Fsp3) is 0.286. The lowest BCUT2D eigenvalue weighted by Crippen LogP contribution is -1.99. The van der Waals surface area contributed by atoms with Gasteiger partial charge in [0.05, 0.1) is 18.4 Å². The number of benzene rings is 1. The third-order valence-electron chi connectivity index (χ3n) is 2.94. The zero-order valence-electron chi connectivity index (χ0n) is 10.8. The minimum absolute atomic E-state index is 0.384. The fourth-order valence-electron chi connectivity index (χ4n) is 1.90. The molecule has 0 unspecified atom stereocenters. The number of nitrogens with zero attached hydrogens (tertiary/aromatic N) is 1. The average molecular weight is 280 g/mol. The van der Waals surface area contributed by atoms with Gasteiger partial charge in [-0.1, -0.05) is 17.3 Å². The van der Waals surface area contributed by atoms with E-state index in [0.717, 1.165) is 17.7 Å². The van der Waals surface area contributed by atoms with Crippen molar-refractivity contribution >= 4 is 16.8 Å². The van der Waals surface area contributed by atoms with Crippen LogP contribution in [0.1, 0.15) is 27.4 Å². The van der Waals surface area contributed by atoms with Gasteiger partial charge in [0.15, 0.2) is 0 Å². The molecule has 4 nitrogen and oxygen atoms in total. The first-order chi connectivity index (χ1) is 9.11. The predicted octanol–water partition coefficient (Wildman–Crippen LogP) is 3.16. The largest absolute Gasteiger partial charge is 0.497 e. The second-order valence-electron chi connectivity index (χ2n) is 4.18. The Balaban J connectivity index is 2.08. The fourth-order valence-corrected chi connectivity index (χ4v) is 2.14. The minimum atomic E-state index is -0.525. The van der Waals surface area contributed by atoms with E-state index in [1.54, 1.807) is 14.0 Å². The van der Waals surface area contributed by atoms with E-state index in [-0.39, 0.29) is 0 Å². The molecule has 1 aromatic carbocycles. The van der Waals surface area contributed by atoms with Crippen LogP contribution in [0.2, 0.25) is 0 Å². The summed E-state index contributed by atoms with van der Waals surface area (Å²) in [5.74, 6) is 1.28. The highest BCUT2D eigenvalue weighted by molar-refractivity contribution is 6.68. The van der Waals surface area contributed by atoms with Crippen molar-refractivity contribution in [3.63, 3.8) is 0 Å². The zero-order valence-corrected chi connectivity index (χ0v) is 11.5. The summed E-state index contributed by atoms with van der Waals surface area (Å²) in [5, 5.41) is 3.36. The number of carbonyl (C=O) groups excluding carboxylic acids is 1. The lowest BCUT2D eigenvalue weighted by Gasteiger charge is -2.02. The van der Waals surface area contributed by atoms with Crippen LogP contribution in [0.25, 0.3) is 0 Å². The molecule has 0 radical (unpaired) electrons. The van der Waals surface area contributed by atoms with Crippen molar-refractivity contribution in [2.24, 2.45) is 0 Å². The Kier molecular flexibility index (Phi) is 4.22. The predicted molar refractivity (Wildman–Crippen MR) is 71.8 cm³/mol. The second kappa shape index (κ2) is 5.89. The van der Waals surface area contributed by atoms with Crippen LogP contribution in [-0.2, 0) is 12.8 Å². The van der Waals surface area contributed by atoms with Gasteiger partial charge in [-0.2, -0.15) is 0 Å². The molecule has 0 saturated heterocycles. The molecule has 2 rings (SSSR count). The number of hydrogen-bond acceptors (Lipinski definition) is 4. The normalized spacial score (nSPS) is 10.5. The molecule has 1 heterocycles. The summed E-state index contributed by atoms with van der Waals surface area (Å²) in [6.45, 7) is 1.68. The third kappa shape index (κ3) is 3.15. The summed E-state index contributed by atoms with van der Waals surface area (Å²) in [5.41, 5.74) is 2.12. The van der Waals surface area contributed by atoms with Crippen LogP contribution in [0.15, 0.2) is 28.8 Å². The first-order valence-electron chi connectivity index (χ1n) is 5.89. The van der Waals surface area contributed by atoms with Gasteiger partial charge in [0.1, 0.15) is 11.5 Å². The molecular formula is C14H14ClNO3. The molecule has 5 heteroatoms. The molecule has 1 aromatic heterocycles. The van der Waals surface area contributed by atoms with Crippen molar-refractivity contribution < 1.29 is 14.1 Å². The molecule has 0 bridgehead atoms. The maximum Gasteiger partial charge on any atom is 0.257 e. The highest BCUT2D eigenvalue weighted by Crippen LogP contribution is 2.19. The van der Waals surface area contributed by atoms with Gasteiger partial charge in [0.2, 0.25) is 0 Å². The van der Waals surface area contributed by atoms with Crippen molar-refractivity contribution in [1.29, 1.82) is 0 Å². The summed E-state index contributed by atoms with van der Waals surface area (Å²) < 4.78 is 10.1. The molecule has 19 heavy (non-hydrogen) atoms. The average Bonchev–Trinajstić information content (AvgIpc) is 2.78. The lowest BCUT2D eigenvalue weighted by atomic mass is 10.1. The van der Waals surface area contributed by atoms with Crippen molar-refractivity contribution in [2.75, 3.05) is 7.11 Å². The van der Waals surface area contributed by atoms with E-state index in [2.05, 4.69) is 5.16 Å². The highest BCUT2D eigenvalue weighted by Gasteiger charge is 2.18. The first kappa shape index (κ1) is 13.6. The van der Waals surface area contributed by atoms with Crippen molar-refractivity contribution in [1.82, 2.24) is 5.16 Å². The van der Waals surface area contributed by atoms with Gasteiger partial charge >= 0.3 is 0 Å². The van der Waals surface area contributed by atoms with E-state index in [1.165, 1.54) is 0 Å². The van der Waals surface area contributed by atoms with Crippen LogP contribution in [0.4, 0.5) is 0 Å². The molecular weight excluding hydrogens is 266 g/mol. The van der Waals surface area contributed by atoms with Gasteiger partial charge in [0, 0.05) is 0 Å². The van der Waals surface area contributed by atoms with Crippen LogP contribution < -0.4 is 4.74 Å². The molecule has 0 aliphatic heterocycles. The van der Waals surface area contributed by atoms with Gasteiger partial charge in [-0.15, -0.1) is 0 Å². The summed E-state index contributed by atoms with van der Waals surface area (Å²) in [7, 11) is 1.63. The van der Waals surface area contributed by atoms with Crippen molar-refractivity contribution in [3.8, 4) is 5.75 Å². The second-order valence-corrected chi connectivity index (χ2v) is 4.53. The standard InChI is InChI=1S/C14H14ClNO3/c1-9-13(14(15)17)12(16-19-9)8-5-10-3-6-11(18-2)7-4-10/h3-4,6-7H,5,8H2,1-2H3. The van der Waals surface area contributed by atoms with E-state index < -0.39 is 5.24 Å². The topological polar surface area (TPSA) is 52.3 Å². The molecule has 0 saturated carbocycles. The Labute approximate surface area is 116 Å². The van der Waals surface area contributed by atoms with Gasteiger partial charge in [-0.05, 0) is 49.1 Å². The van der Waals surface area contributed by atoms with Crippen molar-refractivity contribution in [3.05, 3.63) is 46.8 Å². The Morgan fingerprint density at radius 1 is 1.32 bits per heavy atom. The van der Waals surface area contributed by atoms with Crippen LogP contribution in [0, 0.1) is 6.92 Å². The highest BCUT2D eigenvalue weighted by atomic mass is 35.5. The molecule has 2 aromatic rings. The number of hydrogen-bond donors (Lipinski definition) is 0. The smallest absolute Gasteiger partial charge is 0.257 e. The number of carbonyl (C=O) groups is 1. The Bertz CT molecular complexity index is 575. The Morgan fingerprint density at radius 3 is 2.58 bits per heavy atom. The summed E-state index contributed by atoms with van der Waals surface area (Å²) in [6, 6.07) is 7.76. The lowest BCUT2D eigenvalue weighted by molar-refractivity contribution is 0.107. The Morgan fingerprint density at radius 2 is 2.00 bits per heavy atom. The van der Waals surface area contributed by atoms with E-state index >= 15 is 0 Å². The van der Waals surface area contributed by atoms with Gasteiger partial charge in [0.25, 0.3) is 5.24 Å². The summed E-state index contributed by atoms with van der Waals surface area (Å²) in [6.07, 6.45) is 1.37. The van der Waals surface area contributed by atoms with Crippen LogP contribution >= 0.6 is 11.6 Å². The SMILES string of the molecule is COc1ccc(CCc2noc(C)c2C(=O)Cl)cc1. The van der Waals surface area contributed by atoms with E-state index in [0.29, 0.717) is 23.4 Å². The molecule has 0 spiro atoms. The minimum Gasteiger partial charge on any atom is -0.497 e. The maximum absolute atomic E-state index is 11.3. The molecule has 0 atom stereocenters. The summed E-state index contributed by atoms with van der Waals surface area (Å²) >= 11 is 5.52. The van der Waals surface area contributed by atoms with E-state index in [4.69, 9.17) is 20.9 Å². The number of ether oxygens (including phenoxy) is 1. The quantitative estimate of drug-likeness (QED) is 0.789. The first-order valence-corrected chi connectivity index (χ1v) is 6.27. The molecule has 0 fully saturated rings. The number of halogens is 1. The third-order valence-corrected chi connectivity index (χ3v) is 3.13. The number of aromatic nitrogens is 1. The van der Waals surface area contributed by atoms with Crippen LogP contribution in [0.5, 0.6) is 5.75 Å². The molecule has 0 aliphatic carbocycles. The Hall–Kier alpha value is -1.81. The zero-order chi connectivity index (χ0) is 13.8. The molecule has 0 amide bonds.